The summed E-state index contributed by atoms with van der Waals surface area (Å²) in [7, 11) is 1.78. The van der Waals surface area contributed by atoms with Gasteiger partial charge in [0.2, 0.25) is 5.91 Å². The lowest BCUT2D eigenvalue weighted by atomic mass is 9.93. The van der Waals surface area contributed by atoms with E-state index in [2.05, 4.69) is 20.6 Å². The predicted molar refractivity (Wildman–Crippen MR) is 78.4 cm³/mol. The Balaban J connectivity index is 2.80. The number of anilines is 2. The van der Waals surface area contributed by atoms with Gasteiger partial charge in [0.05, 0.1) is 5.41 Å². The molecular weight excluding hydrogens is 258 g/mol. The van der Waals surface area contributed by atoms with E-state index < -0.39 is 5.41 Å². The maximum Gasteiger partial charge on any atom is 0.224 e. The lowest BCUT2D eigenvalue weighted by molar-refractivity contribution is -0.125. The molecule has 112 valence electrons. The summed E-state index contributed by atoms with van der Waals surface area (Å²) in [5, 5.41) is 6.08. The Morgan fingerprint density at radius 3 is 2.60 bits per heavy atom. The maximum absolute atomic E-state index is 11.3. The van der Waals surface area contributed by atoms with Crippen molar-refractivity contribution in [1.29, 1.82) is 0 Å². The van der Waals surface area contributed by atoms with Crippen molar-refractivity contribution in [2.75, 3.05) is 30.8 Å². The molecule has 20 heavy (non-hydrogen) atoms. The fourth-order valence-corrected chi connectivity index (χ4v) is 1.37. The van der Waals surface area contributed by atoms with Crippen LogP contribution in [0, 0.1) is 5.41 Å². The van der Waals surface area contributed by atoms with E-state index in [0.717, 1.165) is 0 Å². The van der Waals surface area contributed by atoms with Gasteiger partial charge in [0.25, 0.3) is 0 Å². The number of carbonyl (C=O) groups is 1. The Labute approximate surface area is 119 Å². The summed E-state index contributed by atoms with van der Waals surface area (Å²) in [5.74, 6) is 1.54. The van der Waals surface area contributed by atoms with Crippen LogP contribution in [0.25, 0.3) is 0 Å². The molecule has 0 aliphatic carbocycles. The van der Waals surface area contributed by atoms with Crippen LogP contribution >= 0.6 is 0 Å². The lowest BCUT2D eigenvalue weighted by Gasteiger charge is -2.21. The third-order valence-electron chi connectivity index (χ3n) is 2.84. The molecule has 7 nitrogen and oxygen atoms in total. The van der Waals surface area contributed by atoms with E-state index in [4.69, 9.17) is 10.5 Å². The van der Waals surface area contributed by atoms with E-state index in [0.29, 0.717) is 37.2 Å². The molecule has 0 saturated heterocycles. The summed E-state index contributed by atoms with van der Waals surface area (Å²) in [6.45, 7) is 6.82. The number of hydrogen-bond donors (Lipinski definition) is 3. The molecule has 0 unspecified atom stereocenters. The molecule has 0 atom stereocenters. The monoisotopic (exact) mass is 281 g/mol. The standard InChI is InChI=1S/C13H23N5O2/c1-5-20-7-11-17-9(15-4)6-10(18-11)16-8-13(2,3)12(14)19/h6H,5,7-8H2,1-4H3,(H2,14,19)(H2,15,16,17,18). The van der Waals surface area contributed by atoms with Crippen LogP contribution in [0.3, 0.4) is 0 Å². The van der Waals surface area contributed by atoms with E-state index >= 15 is 0 Å². The van der Waals surface area contributed by atoms with E-state index in [1.807, 2.05) is 6.92 Å². The van der Waals surface area contributed by atoms with E-state index in [9.17, 15) is 4.79 Å². The van der Waals surface area contributed by atoms with E-state index in [1.54, 1.807) is 27.0 Å². The van der Waals surface area contributed by atoms with Gasteiger partial charge in [-0.2, -0.15) is 0 Å². The largest absolute Gasteiger partial charge is 0.374 e. The van der Waals surface area contributed by atoms with Crippen molar-refractivity contribution in [3.05, 3.63) is 11.9 Å². The fourth-order valence-electron chi connectivity index (χ4n) is 1.37. The van der Waals surface area contributed by atoms with E-state index in [1.165, 1.54) is 0 Å². The highest BCUT2D eigenvalue weighted by Gasteiger charge is 2.24. The van der Waals surface area contributed by atoms with Crippen molar-refractivity contribution >= 4 is 17.5 Å². The van der Waals surface area contributed by atoms with Crippen molar-refractivity contribution < 1.29 is 9.53 Å². The second-order valence-corrected chi connectivity index (χ2v) is 5.04. The van der Waals surface area contributed by atoms with Crippen LogP contribution in [0.15, 0.2) is 6.07 Å². The third kappa shape index (κ3) is 4.65. The van der Waals surface area contributed by atoms with Gasteiger partial charge >= 0.3 is 0 Å². The number of amides is 1. The number of aromatic nitrogens is 2. The van der Waals surface area contributed by atoms with Crippen LogP contribution in [0.1, 0.15) is 26.6 Å². The predicted octanol–water partition coefficient (Wildman–Crippen LogP) is 0.978. The number of rotatable bonds is 8. The van der Waals surface area contributed by atoms with Crippen molar-refractivity contribution in [2.24, 2.45) is 11.1 Å². The molecule has 0 saturated carbocycles. The Morgan fingerprint density at radius 2 is 2.05 bits per heavy atom. The molecule has 1 heterocycles. The molecule has 1 rings (SSSR count). The first kappa shape index (κ1) is 16.2. The van der Waals surface area contributed by atoms with Crippen LogP contribution in [0.4, 0.5) is 11.6 Å². The SMILES string of the molecule is CCOCc1nc(NC)cc(NCC(C)(C)C(N)=O)n1. The Bertz CT molecular complexity index is 462. The first-order chi connectivity index (χ1) is 9.39. The van der Waals surface area contributed by atoms with Crippen LogP contribution < -0.4 is 16.4 Å². The zero-order valence-electron chi connectivity index (χ0n) is 12.5. The lowest BCUT2D eigenvalue weighted by Crippen LogP contribution is -2.37. The summed E-state index contributed by atoms with van der Waals surface area (Å²) < 4.78 is 5.30. The highest BCUT2D eigenvalue weighted by molar-refractivity contribution is 5.80. The van der Waals surface area contributed by atoms with Gasteiger partial charge in [-0.05, 0) is 20.8 Å². The average molecular weight is 281 g/mol. The van der Waals surface area contributed by atoms with Crippen LogP contribution in [-0.4, -0.2) is 36.1 Å². The quantitative estimate of drug-likeness (QED) is 0.656. The number of primary amides is 1. The summed E-state index contributed by atoms with van der Waals surface area (Å²) in [4.78, 5) is 19.9. The fraction of sp³-hybridized carbons (Fsp3) is 0.615. The normalized spacial score (nSPS) is 11.2. The van der Waals surface area contributed by atoms with Gasteiger partial charge in [0, 0.05) is 26.3 Å². The molecule has 0 spiro atoms. The molecule has 0 aliphatic rings. The highest BCUT2D eigenvalue weighted by atomic mass is 16.5. The van der Waals surface area contributed by atoms with Crippen molar-refractivity contribution in [3.63, 3.8) is 0 Å². The summed E-state index contributed by atoms with van der Waals surface area (Å²) in [6, 6.07) is 1.77. The number of nitrogens with two attached hydrogens (primary N) is 1. The third-order valence-corrected chi connectivity index (χ3v) is 2.84. The number of nitrogens with zero attached hydrogens (tertiary/aromatic N) is 2. The molecule has 1 amide bonds. The number of hydrogen-bond acceptors (Lipinski definition) is 6. The summed E-state index contributed by atoms with van der Waals surface area (Å²) in [6.07, 6.45) is 0. The van der Waals surface area contributed by atoms with Gasteiger partial charge < -0.3 is 21.1 Å². The molecule has 0 fully saturated rings. The van der Waals surface area contributed by atoms with Gasteiger partial charge in [-0.1, -0.05) is 0 Å². The molecular formula is C13H23N5O2. The molecule has 1 aromatic rings. The van der Waals surface area contributed by atoms with Gasteiger partial charge in [-0.25, -0.2) is 9.97 Å². The molecule has 0 aromatic carbocycles. The first-order valence-electron chi connectivity index (χ1n) is 6.56. The van der Waals surface area contributed by atoms with Crippen molar-refractivity contribution in [1.82, 2.24) is 9.97 Å². The first-order valence-corrected chi connectivity index (χ1v) is 6.56. The van der Waals surface area contributed by atoms with Crippen molar-refractivity contribution in [3.8, 4) is 0 Å². The molecule has 0 radical (unpaired) electrons. The topological polar surface area (TPSA) is 102 Å². The minimum Gasteiger partial charge on any atom is -0.374 e. The van der Waals surface area contributed by atoms with Crippen molar-refractivity contribution in [2.45, 2.75) is 27.4 Å². The Kier molecular flexibility index (Phi) is 5.69. The maximum atomic E-state index is 11.3. The number of nitrogens with one attached hydrogen (secondary N) is 2. The minimum absolute atomic E-state index is 0.347. The zero-order chi connectivity index (χ0) is 15.2. The number of ether oxygens (including phenoxy) is 1. The highest BCUT2D eigenvalue weighted by Crippen LogP contribution is 2.17. The number of carbonyl (C=O) groups excluding carboxylic acids is 1. The molecule has 4 N–H and O–H groups in total. The Hall–Kier alpha value is -1.89. The molecule has 7 heteroatoms. The Morgan fingerprint density at radius 1 is 1.40 bits per heavy atom. The van der Waals surface area contributed by atoms with Crippen LogP contribution in [0.2, 0.25) is 0 Å². The van der Waals surface area contributed by atoms with Gasteiger partial charge in [0.15, 0.2) is 5.82 Å². The molecule has 1 aromatic heterocycles. The second-order valence-electron chi connectivity index (χ2n) is 5.04. The molecule has 0 aliphatic heterocycles. The average Bonchev–Trinajstić information content (AvgIpc) is 2.42. The summed E-state index contributed by atoms with van der Waals surface area (Å²) in [5.41, 5.74) is 4.69. The van der Waals surface area contributed by atoms with Gasteiger partial charge in [0.1, 0.15) is 18.2 Å². The van der Waals surface area contributed by atoms with Gasteiger partial charge in [-0.15, -0.1) is 0 Å². The molecule has 0 bridgehead atoms. The minimum atomic E-state index is -0.648. The van der Waals surface area contributed by atoms with Gasteiger partial charge in [-0.3, -0.25) is 4.79 Å². The zero-order valence-corrected chi connectivity index (χ0v) is 12.5. The van der Waals surface area contributed by atoms with Crippen LogP contribution in [0.5, 0.6) is 0 Å². The summed E-state index contributed by atoms with van der Waals surface area (Å²) >= 11 is 0. The van der Waals surface area contributed by atoms with Crippen LogP contribution in [-0.2, 0) is 16.1 Å². The second kappa shape index (κ2) is 7.04. The smallest absolute Gasteiger partial charge is 0.224 e. The van der Waals surface area contributed by atoms with E-state index in [-0.39, 0.29) is 5.91 Å².